The molecule has 0 amide bonds. The van der Waals surface area contributed by atoms with Crippen LogP contribution in [0.15, 0.2) is 0 Å². The normalized spacial score (nSPS) is 2.67. The van der Waals surface area contributed by atoms with Gasteiger partial charge in [0.05, 0.1) is 0 Å². The summed E-state index contributed by atoms with van der Waals surface area (Å²) >= 11 is -0.750. The highest BCUT2D eigenvalue weighted by atomic mass is 32.1. The van der Waals surface area contributed by atoms with Crippen molar-refractivity contribution in [2.45, 2.75) is 0 Å². The van der Waals surface area contributed by atoms with Crippen LogP contribution in [0, 0.1) is 9.93 Å². The van der Waals surface area contributed by atoms with Gasteiger partial charge in [-0.3, -0.25) is 0 Å². The van der Waals surface area contributed by atoms with Crippen LogP contribution in [0.4, 0.5) is 0 Å². The fourth-order valence-corrected chi connectivity index (χ4v) is 0. The summed E-state index contributed by atoms with van der Waals surface area (Å²) < 4.78 is 16.6. The Morgan fingerprint density at radius 3 is 1.00 bits per heavy atom. The van der Waals surface area contributed by atoms with Crippen LogP contribution in [0.2, 0.25) is 0 Å². The third-order valence-electron chi connectivity index (χ3n) is 0. The second-order valence-corrected chi connectivity index (χ2v) is 0.287. The summed E-state index contributed by atoms with van der Waals surface area (Å²) in [5.41, 5.74) is 0. The van der Waals surface area contributed by atoms with Crippen molar-refractivity contribution in [3.8, 4) is 0 Å². The summed E-state index contributed by atoms with van der Waals surface area (Å²) in [4.78, 5) is 30.2. The van der Waals surface area contributed by atoms with Gasteiger partial charge in [0.25, 0.3) is 0 Å². The molecule has 0 unspecified atom stereocenters. The molecule has 0 fully saturated rings. The molecule has 0 aliphatic rings. The van der Waals surface area contributed by atoms with Crippen LogP contribution in [0.5, 0.6) is 0 Å². The summed E-state index contributed by atoms with van der Waals surface area (Å²) in [6, 6.07) is 0. The second-order valence-electron chi connectivity index (χ2n) is 0.151. The summed E-state index contributed by atoms with van der Waals surface area (Å²) in [6.45, 7) is 0. The van der Waals surface area contributed by atoms with E-state index in [1.165, 1.54) is 0 Å². The third-order valence-corrected chi connectivity index (χ3v) is 0. The Balaban J connectivity index is -0.0000000202. The predicted octanol–water partition coefficient (Wildman–Crippen LogP) is -1.07. The van der Waals surface area contributed by atoms with Crippen molar-refractivity contribution in [1.82, 2.24) is 0 Å². The highest BCUT2D eigenvalue weighted by molar-refractivity contribution is 7.59. The lowest BCUT2D eigenvalue weighted by atomic mass is 11.8. The monoisotopic (exact) mass is 174 g/mol. The van der Waals surface area contributed by atoms with Gasteiger partial charge in [-0.1, -0.05) is 0 Å². The smallest absolute Gasteiger partial charge is 0.197 e. The second kappa shape index (κ2) is 204. The van der Waals surface area contributed by atoms with Crippen molar-refractivity contribution in [2.75, 3.05) is 0 Å². The van der Waals surface area contributed by atoms with Gasteiger partial charge in [0.15, 0.2) is 0 Å². The molecule has 9 heavy (non-hydrogen) atoms. The molecule has 0 heterocycles. The molecule has 0 radical (unpaired) electrons. The lowest BCUT2D eigenvalue weighted by Gasteiger charge is -0.947. The average Bonchev–Trinajstić information content (AvgIpc) is 1.75. The molecule has 0 N–H and O–H groups in total. The van der Waals surface area contributed by atoms with E-state index < -0.39 is 11.6 Å². The minimum Gasteiger partial charge on any atom is -0.197 e. The average molecular weight is 174 g/mol. The molecular weight excluding hydrogens is 172 g/mol. The molecule has 0 spiro atoms. The van der Waals surface area contributed by atoms with Crippen LogP contribution < -0.4 is 0 Å². The number of rotatable bonds is 0. The molecule has 0 aromatic heterocycles. The minimum atomic E-state index is -0.750. The Morgan fingerprint density at radius 2 is 1.00 bits per heavy atom. The summed E-state index contributed by atoms with van der Waals surface area (Å²) in [5, 5.41) is 0. The Kier molecular flexibility index (Phi) is 550. The maximum absolute atomic E-state index is 8.29. The maximum Gasteiger partial charge on any atom is 0.373 e. The van der Waals surface area contributed by atoms with Crippen molar-refractivity contribution in [3.05, 3.63) is 9.93 Å². The Labute approximate surface area is 59.9 Å². The Morgan fingerprint density at radius 1 is 1.00 bits per heavy atom. The standard InChI is InChI=1S/CO2.O2S.O2.H2S/c2-1-3;1-3-2;1-2;/h;;;1H2. The van der Waals surface area contributed by atoms with Crippen molar-refractivity contribution >= 4 is 31.2 Å². The van der Waals surface area contributed by atoms with Gasteiger partial charge in [0.2, 0.25) is 0 Å². The van der Waals surface area contributed by atoms with E-state index in [4.69, 9.17) is 27.9 Å². The molecule has 0 aliphatic heterocycles. The highest BCUT2D eigenvalue weighted by Crippen LogP contribution is 0.846. The first kappa shape index (κ1) is 24.2. The molecule has 0 aromatic rings. The van der Waals surface area contributed by atoms with Crippen molar-refractivity contribution < 1.29 is 18.0 Å². The number of hydrogen-bond donors (Lipinski definition) is 0. The summed E-state index contributed by atoms with van der Waals surface area (Å²) in [6.07, 6.45) is 0.250. The first-order chi connectivity index (χ1) is 3.83. The van der Waals surface area contributed by atoms with Crippen molar-refractivity contribution in [1.29, 1.82) is 0 Å². The van der Waals surface area contributed by atoms with E-state index in [0.717, 1.165) is 0 Å². The van der Waals surface area contributed by atoms with Gasteiger partial charge in [0, 0.05) is 9.93 Å². The molecule has 8 heteroatoms. The van der Waals surface area contributed by atoms with E-state index in [0.29, 0.717) is 0 Å². The van der Waals surface area contributed by atoms with Crippen LogP contribution in [0.25, 0.3) is 0 Å². The fraction of sp³-hybridized carbons (Fsp3) is 0. The summed E-state index contributed by atoms with van der Waals surface area (Å²) in [5.74, 6) is 0. The lowest BCUT2D eigenvalue weighted by Crippen LogP contribution is -1.22. The molecule has 0 rings (SSSR count). The zero-order chi connectivity index (χ0) is 7.41. The summed E-state index contributed by atoms with van der Waals surface area (Å²) in [7, 11) is 0. The molecule has 0 aromatic carbocycles. The molecule has 0 saturated carbocycles. The van der Waals surface area contributed by atoms with E-state index in [-0.39, 0.29) is 19.6 Å². The van der Waals surface area contributed by atoms with E-state index in [1.54, 1.807) is 0 Å². The Bertz CT molecular complexity index is 75.2. The number of carbonyl (C=O) groups excluding carboxylic acids is 2. The van der Waals surface area contributed by atoms with Crippen LogP contribution in [0.1, 0.15) is 0 Å². The van der Waals surface area contributed by atoms with E-state index in [2.05, 4.69) is 0 Å². The van der Waals surface area contributed by atoms with E-state index in [9.17, 15) is 0 Å². The van der Waals surface area contributed by atoms with Crippen LogP contribution in [-0.4, -0.2) is 14.6 Å². The van der Waals surface area contributed by atoms with Gasteiger partial charge in [0.1, 0.15) is 0 Å². The molecule has 54 valence electrons. The zero-order valence-corrected chi connectivity index (χ0v) is 5.67. The van der Waals surface area contributed by atoms with Crippen LogP contribution in [0.3, 0.4) is 0 Å². The predicted molar refractivity (Wildman–Crippen MR) is 31.0 cm³/mol. The van der Waals surface area contributed by atoms with Gasteiger partial charge < -0.3 is 0 Å². The molecule has 0 aliphatic carbocycles. The molecule has 6 nitrogen and oxygen atoms in total. The van der Waals surface area contributed by atoms with Gasteiger partial charge in [-0.2, -0.15) is 31.5 Å². The molecule has 0 bridgehead atoms. The maximum atomic E-state index is 8.29. The fourth-order valence-electron chi connectivity index (χ4n) is 0. The largest absolute Gasteiger partial charge is 0.373 e. The Hall–Kier alpha value is -0.850. The van der Waals surface area contributed by atoms with E-state index in [1.807, 2.05) is 0 Å². The minimum absolute atomic E-state index is 0. The first-order valence-electron chi connectivity index (χ1n) is 0.908. The SMILES string of the molecule is O=C=O.O=O.O=S=O.S. The highest BCUT2D eigenvalue weighted by Gasteiger charge is 1.13. The molecule has 0 saturated heterocycles. The van der Waals surface area contributed by atoms with Gasteiger partial charge in [-0.25, -0.2) is 0 Å². The quantitative estimate of drug-likeness (QED) is 0.463. The van der Waals surface area contributed by atoms with Crippen LogP contribution in [-0.2, 0) is 21.2 Å². The third kappa shape index (κ3) is 262. The zero-order valence-electron chi connectivity index (χ0n) is 3.86. The van der Waals surface area contributed by atoms with E-state index >= 15 is 0 Å². The first-order valence-corrected chi connectivity index (χ1v) is 1.57. The molecule has 0 atom stereocenters. The van der Waals surface area contributed by atoms with Gasteiger partial charge in [-0.15, -0.1) is 0 Å². The van der Waals surface area contributed by atoms with Crippen LogP contribution >= 0.6 is 13.5 Å². The van der Waals surface area contributed by atoms with Crippen molar-refractivity contribution in [2.24, 2.45) is 0 Å². The van der Waals surface area contributed by atoms with Crippen molar-refractivity contribution in [3.63, 3.8) is 0 Å². The van der Waals surface area contributed by atoms with Gasteiger partial charge >= 0.3 is 17.7 Å². The number of hydrogen-bond acceptors (Lipinski definition) is 6. The molecular formula is CH2O6S2. The topological polar surface area (TPSA) is 102 Å². The van der Waals surface area contributed by atoms with Gasteiger partial charge in [-0.05, 0) is 0 Å². The lowest BCUT2D eigenvalue weighted by molar-refractivity contribution is -0.191.